The maximum atomic E-state index is 9.82. The molecule has 0 radical (unpaired) electrons. The zero-order valence-electron chi connectivity index (χ0n) is 10.9. The van der Waals surface area contributed by atoms with Gasteiger partial charge >= 0.3 is 0 Å². The van der Waals surface area contributed by atoms with E-state index in [4.69, 9.17) is 5.26 Å². The van der Waals surface area contributed by atoms with Gasteiger partial charge in [0.25, 0.3) is 0 Å². The van der Waals surface area contributed by atoms with E-state index in [-0.39, 0.29) is 0 Å². The fourth-order valence-electron chi connectivity index (χ4n) is 1.94. The van der Waals surface area contributed by atoms with Gasteiger partial charge in [0.05, 0.1) is 35.5 Å². The Hall–Kier alpha value is -1.90. The highest BCUT2D eigenvalue weighted by molar-refractivity contribution is 7.07. The molecule has 0 saturated carbocycles. The number of anilines is 1. The molecule has 1 aromatic carbocycles. The Balaban J connectivity index is 2.33. The first-order valence-electron chi connectivity index (χ1n) is 5.92. The maximum Gasteiger partial charge on any atom is 0.0992 e. The van der Waals surface area contributed by atoms with Crippen molar-refractivity contribution in [1.29, 1.82) is 5.26 Å². The van der Waals surface area contributed by atoms with Crippen LogP contribution < -0.4 is 4.90 Å². The Morgan fingerprint density at radius 3 is 2.89 bits per heavy atom. The van der Waals surface area contributed by atoms with Gasteiger partial charge < -0.3 is 10.0 Å². The van der Waals surface area contributed by atoms with Gasteiger partial charge in [0.1, 0.15) is 0 Å². The number of benzene rings is 1. The first-order chi connectivity index (χ1) is 9.11. The zero-order valence-corrected chi connectivity index (χ0v) is 11.7. The van der Waals surface area contributed by atoms with Crippen molar-refractivity contribution in [2.45, 2.75) is 19.6 Å². The van der Waals surface area contributed by atoms with E-state index in [9.17, 15) is 5.11 Å². The Morgan fingerprint density at radius 2 is 2.32 bits per heavy atom. The summed E-state index contributed by atoms with van der Waals surface area (Å²) in [4.78, 5) is 6.25. The van der Waals surface area contributed by atoms with Crippen molar-refractivity contribution in [1.82, 2.24) is 4.98 Å². The summed E-state index contributed by atoms with van der Waals surface area (Å²) in [5, 5.41) is 20.8. The van der Waals surface area contributed by atoms with Gasteiger partial charge in [-0.25, -0.2) is 4.98 Å². The highest BCUT2D eigenvalue weighted by atomic mass is 32.1. The van der Waals surface area contributed by atoms with E-state index in [1.54, 1.807) is 42.0 Å². The highest BCUT2D eigenvalue weighted by Gasteiger charge is 2.13. The van der Waals surface area contributed by atoms with E-state index in [2.05, 4.69) is 11.1 Å². The van der Waals surface area contributed by atoms with Crippen LogP contribution in [0.4, 0.5) is 5.69 Å². The Labute approximate surface area is 116 Å². The van der Waals surface area contributed by atoms with Gasteiger partial charge in [-0.1, -0.05) is 6.07 Å². The summed E-state index contributed by atoms with van der Waals surface area (Å²) in [5.41, 5.74) is 5.04. The van der Waals surface area contributed by atoms with Crippen LogP contribution in [0.3, 0.4) is 0 Å². The minimum absolute atomic E-state index is 0.569. The van der Waals surface area contributed by atoms with Crippen LogP contribution in [-0.2, 0) is 6.54 Å². The molecule has 2 aromatic rings. The Kier molecular flexibility index (Phi) is 4.15. The Morgan fingerprint density at radius 1 is 1.53 bits per heavy atom. The van der Waals surface area contributed by atoms with Gasteiger partial charge in [0.2, 0.25) is 0 Å². The summed E-state index contributed by atoms with van der Waals surface area (Å²) >= 11 is 1.56. The normalized spacial score (nSPS) is 11.9. The molecule has 98 valence electrons. The number of rotatable bonds is 4. The van der Waals surface area contributed by atoms with Crippen molar-refractivity contribution in [3.63, 3.8) is 0 Å². The molecule has 1 aromatic heterocycles. The number of thiazole rings is 1. The van der Waals surface area contributed by atoms with E-state index in [0.717, 1.165) is 16.9 Å². The lowest BCUT2D eigenvalue weighted by Gasteiger charge is -2.23. The van der Waals surface area contributed by atoms with Crippen LogP contribution in [0.2, 0.25) is 0 Å². The van der Waals surface area contributed by atoms with Crippen LogP contribution in [0.15, 0.2) is 29.1 Å². The minimum atomic E-state index is -0.569. The van der Waals surface area contributed by atoms with E-state index in [1.807, 2.05) is 17.3 Å². The first kappa shape index (κ1) is 13.5. The number of nitriles is 1. The molecular formula is C14H15N3OS. The number of nitrogens with zero attached hydrogens (tertiary/aromatic N) is 3. The van der Waals surface area contributed by atoms with E-state index >= 15 is 0 Å². The molecule has 5 heteroatoms. The summed E-state index contributed by atoms with van der Waals surface area (Å²) in [7, 11) is 1.93. The molecule has 0 bridgehead atoms. The second kappa shape index (κ2) is 5.83. The molecule has 0 amide bonds. The van der Waals surface area contributed by atoms with Gasteiger partial charge in [0.15, 0.2) is 0 Å². The van der Waals surface area contributed by atoms with Crippen molar-refractivity contribution >= 4 is 17.0 Å². The van der Waals surface area contributed by atoms with Crippen molar-refractivity contribution < 1.29 is 5.11 Å². The average molecular weight is 273 g/mol. The number of aromatic nitrogens is 1. The Bertz CT molecular complexity index is 587. The topological polar surface area (TPSA) is 60.1 Å². The molecule has 1 heterocycles. The molecule has 1 atom stereocenters. The predicted octanol–water partition coefficient (Wildman–Crippen LogP) is 2.70. The van der Waals surface area contributed by atoms with Crippen molar-refractivity contribution in [3.05, 3.63) is 45.9 Å². The molecule has 0 saturated heterocycles. The summed E-state index contributed by atoms with van der Waals surface area (Å²) < 4.78 is 0. The minimum Gasteiger partial charge on any atom is -0.389 e. The molecule has 0 spiro atoms. The molecule has 4 nitrogen and oxygen atoms in total. The van der Waals surface area contributed by atoms with Crippen LogP contribution in [0.25, 0.3) is 0 Å². The summed E-state index contributed by atoms with van der Waals surface area (Å²) in [6.45, 7) is 2.37. The summed E-state index contributed by atoms with van der Waals surface area (Å²) in [6, 6.07) is 7.45. The third-order valence-corrected chi connectivity index (χ3v) is 3.54. The average Bonchev–Trinajstić information content (AvgIpc) is 2.90. The number of aliphatic hydroxyl groups is 1. The van der Waals surface area contributed by atoms with Crippen LogP contribution >= 0.6 is 11.3 Å². The van der Waals surface area contributed by atoms with E-state index in [1.165, 1.54) is 0 Å². The molecular weight excluding hydrogens is 258 g/mol. The third kappa shape index (κ3) is 3.11. The van der Waals surface area contributed by atoms with Gasteiger partial charge in [-0.15, -0.1) is 11.3 Å². The van der Waals surface area contributed by atoms with Crippen LogP contribution in [-0.4, -0.2) is 17.1 Å². The molecule has 0 unspecified atom stereocenters. The van der Waals surface area contributed by atoms with E-state index < -0.39 is 6.10 Å². The fraction of sp³-hybridized carbons (Fsp3) is 0.286. The lowest BCUT2D eigenvalue weighted by molar-refractivity contribution is 0.199. The lowest BCUT2D eigenvalue weighted by atomic mass is 10.0. The third-order valence-electron chi connectivity index (χ3n) is 2.90. The fourth-order valence-corrected chi connectivity index (χ4v) is 2.49. The second-order valence-corrected chi connectivity index (χ2v) is 5.12. The van der Waals surface area contributed by atoms with Crippen LogP contribution in [0.1, 0.15) is 29.8 Å². The molecule has 0 fully saturated rings. The molecule has 0 aliphatic carbocycles. The lowest BCUT2D eigenvalue weighted by Crippen LogP contribution is -2.19. The van der Waals surface area contributed by atoms with Crippen LogP contribution in [0, 0.1) is 11.3 Å². The molecule has 1 N–H and O–H groups in total. The van der Waals surface area contributed by atoms with Gasteiger partial charge in [-0.3, -0.25) is 0 Å². The number of hydrogen-bond acceptors (Lipinski definition) is 5. The van der Waals surface area contributed by atoms with Crippen molar-refractivity contribution in [2.75, 3.05) is 11.9 Å². The first-order valence-corrected chi connectivity index (χ1v) is 6.86. The molecule has 0 aliphatic rings. The van der Waals surface area contributed by atoms with E-state index in [0.29, 0.717) is 12.1 Å². The highest BCUT2D eigenvalue weighted by Crippen LogP contribution is 2.27. The quantitative estimate of drug-likeness (QED) is 0.930. The van der Waals surface area contributed by atoms with Crippen molar-refractivity contribution in [3.8, 4) is 6.07 Å². The van der Waals surface area contributed by atoms with Gasteiger partial charge in [0, 0.05) is 23.7 Å². The van der Waals surface area contributed by atoms with Gasteiger partial charge in [-0.2, -0.15) is 5.26 Å². The van der Waals surface area contributed by atoms with Crippen molar-refractivity contribution in [2.24, 2.45) is 0 Å². The number of hydrogen-bond donors (Lipinski definition) is 1. The van der Waals surface area contributed by atoms with Gasteiger partial charge in [-0.05, 0) is 19.1 Å². The van der Waals surface area contributed by atoms with Crippen LogP contribution in [0.5, 0.6) is 0 Å². The largest absolute Gasteiger partial charge is 0.389 e. The summed E-state index contributed by atoms with van der Waals surface area (Å²) in [5.74, 6) is 0. The molecule has 0 aliphatic heterocycles. The molecule has 19 heavy (non-hydrogen) atoms. The molecule has 2 rings (SSSR count). The monoisotopic (exact) mass is 273 g/mol. The second-order valence-electron chi connectivity index (χ2n) is 4.40. The number of aliphatic hydroxyl groups excluding tert-OH is 1. The maximum absolute atomic E-state index is 9.82. The predicted molar refractivity (Wildman–Crippen MR) is 76.0 cm³/mol. The standard InChI is InChI=1S/C14H15N3OS/c1-10(18)13-4-3-11(6-15)5-14(13)17(2)7-12-8-19-9-16-12/h3-5,8-10,18H,7H2,1-2H3/t10-/m1/s1. The summed E-state index contributed by atoms with van der Waals surface area (Å²) in [6.07, 6.45) is -0.569. The smallest absolute Gasteiger partial charge is 0.0992 e. The SMILES string of the molecule is C[C@@H](O)c1ccc(C#N)cc1N(C)Cc1cscn1. The zero-order chi connectivity index (χ0) is 13.8.